The van der Waals surface area contributed by atoms with Gasteiger partial charge in [-0.15, -0.1) is 0 Å². The summed E-state index contributed by atoms with van der Waals surface area (Å²) in [6, 6.07) is 11.8. The third-order valence-corrected chi connectivity index (χ3v) is 3.26. The number of hydrogen-bond acceptors (Lipinski definition) is 3. The zero-order valence-corrected chi connectivity index (χ0v) is 12.2. The molecule has 0 bridgehead atoms. The van der Waals surface area contributed by atoms with E-state index < -0.39 is 0 Å². The van der Waals surface area contributed by atoms with E-state index in [0.717, 1.165) is 29.1 Å². The minimum absolute atomic E-state index is 0.342. The van der Waals surface area contributed by atoms with Gasteiger partial charge in [-0.3, -0.25) is 0 Å². The van der Waals surface area contributed by atoms with Gasteiger partial charge >= 0.3 is 0 Å². The number of rotatable bonds is 5. The Balaban J connectivity index is 2.03. The first-order chi connectivity index (χ1) is 9.60. The van der Waals surface area contributed by atoms with Crippen molar-refractivity contribution in [2.75, 3.05) is 11.9 Å². The van der Waals surface area contributed by atoms with Gasteiger partial charge in [-0.05, 0) is 61.7 Å². The Morgan fingerprint density at radius 3 is 2.40 bits per heavy atom. The van der Waals surface area contributed by atoms with Gasteiger partial charge in [-0.25, -0.2) is 0 Å². The van der Waals surface area contributed by atoms with Crippen molar-refractivity contribution in [2.45, 2.75) is 27.3 Å². The Labute approximate surface area is 120 Å². The average molecular weight is 271 g/mol. The molecule has 2 aromatic rings. The zero-order valence-electron chi connectivity index (χ0n) is 12.2. The maximum absolute atomic E-state index is 9.65. The van der Waals surface area contributed by atoms with Crippen LogP contribution in [-0.4, -0.2) is 11.7 Å². The van der Waals surface area contributed by atoms with Crippen LogP contribution >= 0.6 is 0 Å². The highest BCUT2D eigenvalue weighted by molar-refractivity contribution is 5.56. The minimum Gasteiger partial charge on any atom is -0.508 e. The molecule has 0 aliphatic heterocycles. The molecule has 106 valence electrons. The summed E-state index contributed by atoms with van der Waals surface area (Å²) in [5.74, 6) is 1.24. The van der Waals surface area contributed by atoms with Crippen molar-refractivity contribution in [3.8, 4) is 11.5 Å². The van der Waals surface area contributed by atoms with E-state index in [1.807, 2.05) is 39.0 Å². The van der Waals surface area contributed by atoms with Crippen LogP contribution < -0.4 is 10.1 Å². The summed E-state index contributed by atoms with van der Waals surface area (Å²) in [5.41, 5.74) is 4.16. The Morgan fingerprint density at radius 1 is 1.05 bits per heavy atom. The van der Waals surface area contributed by atoms with Gasteiger partial charge in [0.15, 0.2) is 0 Å². The van der Waals surface area contributed by atoms with Crippen LogP contribution in [0.4, 0.5) is 5.69 Å². The van der Waals surface area contributed by atoms with Crippen LogP contribution in [0.15, 0.2) is 36.4 Å². The Bertz CT molecular complexity index is 576. The van der Waals surface area contributed by atoms with Crippen molar-refractivity contribution >= 4 is 5.69 Å². The fraction of sp³-hybridized carbons (Fsp3) is 0.294. The smallest absolute Gasteiger partial charge is 0.119 e. The predicted octanol–water partition coefficient (Wildman–Crippen LogP) is 4.02. The van der Waals surface area contributed by atoms with Crippen LogP contribution in [0.1, 0.15) is 23.6 Å². The molecule has 0 spiro atoms. The molecule has 0 heterocycles. The highest BCUT2D eigenvalue weighted by Gasteiger charge is 2.03. The summed E-state index contributed by atoms with van der Waals surface area (Å²) in [6.07, 6.45) is 0. The van der Waals surface area contributed by atoms with E-state index in [1.165, 1.54) is 5.56 Å². The second-order valence-electron chi connectivity index (χ2n) is 4.88. The van der Waals surface area contributed by atoms with E-state index in [1.54, 1.807) is 6.07 Å². The molecule has 0 aromatic heterocycles. The summed E-state index contributed by atoms with van der Waals surface area (Å²) in [4.78, 5) is 0. The summed E-state index contributed by atoms with van der Waals surface area (Å²) < 4.78 is 5.42. The van der Waals surface area contributed by atoms with Gasteiger partial charge < -0.3 is 15.2 Å². The lowest BCUT2D eigenvalue weighted by Crippen LogP contribution is -2.01. The van der Waals surface area contributed by atoms with E-state index in [-0.39, 0.29) is 0 Å². The van der Waals surface area contributed by atoms with Crippen LogP contribution in [0, 0.1) is 13.8 Å². The fourth-order valence-electron chi connectivity index (χ4n) is 2.06. The molecule has 0 fully saturated rings. The van der Waals surface area contributed by atoms with E-state index in [4.69, 9.17) is 4.74 Å². The summed E-state index contributed by atoms with van der Waals surface area (Å²) in [5, 5.41) is 13.0. The third-order valence-electron chi connectivity index (χ3n) is 3.26. The van der Waals surface area contributed by atoms with Crippen molar-refractivity contribution in [1.29, 1.82) is 0 Å². The van der Waals surface area contributed by atoms with Crippen molar-refractivity contribution in [2.24, 2.45) is 0 Å². The molecule has 20 heavy (non-hydrogen) atoms. The molecule has 0 saturated heterocycles. The van der Waals surface area contributed by atoms with Crippen LogP contribution in [-0.2, 0) is 6.54 Å². The molecule has 3 heteroatoms. The number of hydrogen-bond donors (Lipinski definition) is 2. The number of phenolic OH excluding ortho intramolecular Hbond substituents is 1. The fourth-order valence-corrected chi connectivity index (χ4v) is 2.06. The lowest BCUT2D eigenvalue weighted by molar-refractivity contribution is 0.340. The van der Waals surface area contributed by atoms with E-state index in [0.29, 0.717) is 12.4 Å². The highest BCUT2D eigenvalue weighted by atomic mass is 16.5. The van der Waals surface area contributed by atoms with Crippen LogP contribution in [0.2, 0.25) is 0 Å². The van der Waals surface area contributed by atoms with Crippen molar-refractivity contribution in [3.63, 3.8) is 0 Å². The topological polar surface area (TPSA) is 41.5 Å². The van der Waals surface area contributed by atoms with Crippen LogP contribution in [0.3, 0.4) is 0 Å². The molecule has 0 saturated carbocycles. The zero-order chi connectivity index (χ0) is 14.5. The number of benzene rings is 2. The predicted molar refractivity (Wildman–Crippen MR) is 82.5 cm³/mol. The standard InChI is InChI=1S/C17H21NO2/c1-4-20-15-7-5-14(6-8-15)11-18-16-9-13(3)17(19)10-12(16)2/h5-10,18-19H,4,11H2,1-3H3. The van der Waals surface area contributed by atoms with E-state index in [9.17, 15) is 5.11 Å². The molecule has 0 amide bonds. The number of phenols is 1. The molecule has 2 rings (SSSR count). The first kappa shape index (κ1) is 14.3. The van der Waals surface area contributed by atoms with Crippen molar-refractivity contribution < 1.29 is 9.84 Å². The second-order valence-corrected chi connectivity index (χ2v) is 4.88. The third kappa shape index (κ3) is 3.44. The maximum atomic E-state index is 9.65. The number of nitrogens with one attached hydrogen (secondary N) is 1. The molecule has 0 radical (unpaired) electrons. The van der Waals surface area contributed by atoms with E-state index >= 15 is 0 Å². The average Bonchev–Trinajstić information content (AvgIpc) is 2.43. The lowest BCUT2D eigenvalue weighted by atomic mass is 10.1. The number of ether oxygens (including phenoxy) is 1. The summed E-state index contributed by atoms with van der Waals surface area (Å²) in [7, 11) is 0. The Morgan fingerprint density at radius 2 is 1.75 bits per heavy atom. The van der Waals surface area contributed by atoms with Gasteiger partial charge in [-0.2, -0.15) is 0 Å². The van der Waals surface area contributed by atoms with Gasteiger partial charge in [0.05, 0.1) is 6.61 Å². The Kier molecular flexibility index (Phi) is 4.51. The number of aromatic hydroxyl groups is 1. The molecule has 0 aliphatic rings. The van der Waals surface area contributed by atoms with Crippen LogP contribution in [0.5, 0.6) is 11.5 Å². The molecular weight excluding hydrogens is 250 g/mol. The van der Waals surface area contributed by atoms with Crippen LogP contribution in [0.25, 0.3) is 0 Å². The maximum Gasteiger partial charge on any atom is 0.119 e. The van der Waals surface area contributed by atoms with Crippen molar-refractivity contribution in [3.05, 3.63) is 53.1 Å². The minimum atomic E-state index is 0.342. The monoisotopic (exact) mass is 271 g/mol. The summed E-state index contributed by atoms with van der Waals surface area (Å²) >= 11 is 0. The number of aryl methyl sites for hydroxylation is 2. The molecule has 0 unspecified atom stereocenters. The second kappa shape index (κ2) is 6.33. The van der Waals surface area contributed by atoms with Crippen molar-refractivity contribution in [1.82, 2.24) is 0 Å². The largest absolute Gasteiger partial charge is 0.508 e. The summed E-state index contributed by atoms with van der Waals surface area (Å²) in [6.45, 7) is 7.29. The lowest BCUT2D eigenvalue weighted by Gasteiger charge is -2.12. The van der Waals surface area contributed by atoms with E-state index in [2.05, 4.69) is 17.4 Å². The molecule has 3 nitrogen and oxygen atoms in total. The quantitative estimate of drug-likeness (QED) is 0.807. The molecular formula is C17H21NO2. The highest BCUT2D eigenvalue weighted by Crippen LogP contribution is 2.25. The van der Waals surface area contributed by atoms with Gasteiger partial charge in [0, 0.05) is 12.2 Å². The van der Waals surface area contributed by atoms with Gasteiger partial charge in [0.25, 0.3) is 0 Å². The molecule has 0 atom stereocenters. The van der Waals surface area contributed by atoms with Gasteiger partial charge in [0.1, 0.15) is 11.5 Å². The molecule has 2 N–H and O–H groups in total. The molecule has 2 aromatic carbocycles. The SMILES string of the molecule is CCOc1ccc(CNc2cc(C)c(O)cc2C)cc1. The van der Waals surface area contributed by atoms with Gasteiger partial charge in [-0.1, -0.05) is 12.1 Å². The molecule has 0 aliphatic carbocycles. The normalized spacial score (nSPS) is 10.3. The first-order valence-electron chi connectivity index (χ1n) is 6.86. The number of anilines is 1. The first-order valence-corrected chi connectivity index (χ1v) is 6.86. The van der Waals surface area contributed by atoms with Gasteiger partial charge in [0.2, 0.25) is 0 Å². The Hall–Kier alpha value is -2.16.